The molecule has 17 heavy (non-hydrogen) atoms. The number of aliphatic hydroxyl groups is 1. The summed E-state index contributed by atoms with van der Waals surface area (Å²) < 4.78 is 0. The maximum absolute atomic E-state index is 11.8. The molecule has 0 aromatic heterocycles. The van der Waals surface area contributed by atoms with Gasteiger partial charge in [0.25, 0.3) is 0 Å². The standard InChI is InChI=1S/C13H18N2O2/c1-9(16)11-4-2-3-5-12(11)15-13(17)6-10-7-14-8-10/h2-5,9-10,14,16H,6-8H2,1H3,(H,15,17). The Bertz CT molecular complexity index is 400. The van der Waals surface area contributed by atoms with Crippen molar-refractivity contribution in [2.45, 2.75) is 19.4 Å². The van der Waals surface area contributed by atoms with Crippen LogP contribution in [0.5, 0.6) is 0 Å². The molecule has 0 spiro atoms. The molecular weight excluding hydrogens is 216 g/mol. The molecule has 1 aromatic carbocycles. The van der Waals surface area contributed by atoms with Crippen molar-refractivity contribution in [2.75, 3.05) is 18.4 Å². The lowest BCUT2D eigenvalue weighted by Gasteiger charge is -2.26. The van der Waals surface area contributed by atoms with E-state index in [1.807, 2.05) is 24.3 Å². The Morgan fingerprint density at radius 1 is 1.53 bits per heavy atom. The van der Waals surface area contributed by atoms with Gasteiger partial charge >= 0.3 is 0 Å². The van der Waals surface area contributed by atoms with Crippen LogP contribution in [0.1, 0.15) is 25.0 Å². The predicted octanol–water partition coefficient (Wildman–Crippen LogP) is 1.29. The van der Waals surface area contributed by atoms with Gasteiger partial charge in [-0.25, -0.2) is 0 Å². The molecule has 3 N–H and O–H groups in total. The summed E-state index contributed by atoms with van der Waals surface area (Å²) in [5.41, 5.74) is 1.47. The van der Waals surface area contributed by atoms with Crippen molar-refractivity contribution < 1.29 is 9.90 Å². The van der Waals surface area contributed by atoms with Crippen LogP contribution in [0.15, 0.2) is 24.3 Å². The lowest BCUT2D eigenvalue weighted by molar-refractivity contribution is -0.117. The first kappa shape index (κ1) is 12.1. The summed E-state index contributed by atoms with van der Waals surface area (Å²) in [4.78, 5) is 11.8. The molecule has 1 unspecified atom stereocenters. The third-order valence-corrected chi connectivity index (χ3v) is 3.03. The largest absolute Gasteiger partial charge is 0.389 e. The zero-order valence-electron chi connectivity index (χ0n) is 9.94. The van der Waals surface area contributed by atoms with Crippen LogP contribution in [0.25, 0.3) is 0 Å². The van der Waals surface area contributed by atoms with Crippen molar-refractivity contribution in [1.82, 2.24) is 5.32 Å². The molecule has 1 fully saturated rings. The summed E-state index contributed by atoms with van der Waals surface area (Å²) in [7, 11) is 0. The number of para-hydroxylation sites is 1. The van der Waals surface area contributed by atoms with Crippen LogP contribution in [0.4, 0.5) is 5.69 Å². The van der Waals surface area contributed by atoms with E-state index in [0.717, 1.165) is 18.7 Å². The summed E-state index contributed by atoms with van der Waals surface area (Å²) in [6.45, 7) is 3.54. The van der Waals surface area contributed by atoms with Gasteiger partial charge in [0.05, 0.1) is 6.10 Å². The van der Waals surface area contributed by atoms with Gasteiger partial charge in [-0.2, -0.15) is 0 Å². The Hall–Kier alpha value is -1.39. The molecule has 4 nitrogen and oxygen atoms in total. The van der Waals surface area contributed by atoms with Gasteiger partial charge in [0.15, 0.2) is 0 Å². The van der Waals surface area contributed by atoms with Crippen molar-refractivity contribution in [2.24, 2.45) is 5.92 Å². The van der Waals surface area contributed by atoms with Gasteiger partial charge in [0.2, 0.25) is 5.91 Å². The van der Waals surface area contributed by atoms with Crippen LogP contribution >= 0.6 is 0 Å². The highest BCUT2D eigenvalue weighted by molar-refractivity contribution is 5.91. The molecule has 0 saturated carbocycles. The van der Waals surface area contributed by atoms with Crippen LogP contribution in [-0.4, -0.2) is 24.1 Å². The van der Waals surface area contributed by atoms with Gasteiger partial charge in [-0.15, -0.1) is 0 Å². The van der Waals surface area contributed by atoms with E-state index in [1.165, 1.54) is 0 Å². The molecule has 0 aliphatic carbocycles. The van der Waals surface area contributed by atoms with Crippen LogP contribution in [0.3, 0.4) is 0 Å². The Balaban J connectivity index is 1.99. The van der Waals surface area contributed by atoms with E-state index < -0.39 is 6.10 Å². The van der Waals surface area contributed by atoms with Crippen molar-refractivity contribution in [3.05, 3.63) is 29.8 Å². The molecule has 1 heterocycles. The SMILES string of the molecule is CC(O)c1ccccc1NC(=O)CC1CNC1. The first-order chi connectivity index (χ1) is 8.16. The Morgan fingerprint density at radius 3 is 2.82 bits per heavy atom. The van der Waals surface area contributed by atoms with Crippen molar-refractivity contribution in [3.63, 3.8) is 0 Å². The zero-order valence-corrected chi connectivity index (χ0v) is 9.94. The molecule has 1 aliphatic rings. The van der Waals surface area contributed by atoms with E-state index in [0.29, 0.717) is 18.0 Å². The topological polar surface area (TPSA) is 61.4 Å². The van der Waals surface area contributed by atoms with E-state index in [1.54, 1.807) is 6.92 Å². The van der Waals surface area contributed by atoms with Crippen molar-refractivity contribution in [1.29, 1.82) is 0 Å². The Morgan fingerprint density at radius 2 is 2.24 bits per heavy atom. The highest BCUT2D eigenvalue weighted by Crippen LogP contribution is 2.22. The fraction of sp³-hybridized carbons (Fsp3) is 0.462. The number of amides is 1. The highest BCUT2D eigenvalue weighted by atomic mass is 16.3. The fourth-order valence-corrected chi connectivity index (χ4v) is 1.93. The molecule has 0 radical (unpaired) electrons. The normalized spacial score (nSPS) is 17.3. The first-order valence-electron chi connectivity index (χ1n) is 5.94. The average Bonchev–Trinajstić information content (AvgIpc) is 2.24. The minimum Gasteiger partial charge on any atom is -0.389 e. The number of hydrogen-bond acceptors (Lipinski definition) is 3. The van der Waals surface area contributed by atoms with E-state index in [2.05, 4.69) is 10.6 Å². The highest BCUT2D eigenvalue weighted by Gasteiger charge is 2.20. The third kappa shape index (κ3) is 3.05. The number of aliphatic hydroxyl groups excluding tert-OH is 1. The molecule has 2 rings (SSSR count). The molecule has 1 amide bonds. The Labute approximate surface area is 101 Å². The summed E-state index contributed by atoms with van der Waals surface area (Å²) in [5, 5.41) is 15.6. The van der Waals surface area contributed by atoms with Crippen LogP contribution in [0.2, 0.25) is 0 Å². The van der Waals surface area contributed by atoms with Crippen molar-refractivity contribution >= 4 is 11.6 Å². The smallest absolute Gasteiger partial charge is 0.224 e. The lowest BCUT2D eigenvalue weighted by atomic mass is 9.99. The number of carbonyl (C=O) groups excluding carboxylic acids is 1. The minimum absolute atomic E-state index is 0.0181. The number of rotatable bonds is 4. The van der Waals surface area contributed by atoms with E-state index in [9.17, 15) is 9.90 Å². The van der Waals surface area contributed by atoms with E-state index in [-0.39, 0.29) is 5.91 Å². The average molecular weight is 234 g/mol. The van der Waals surface area contributed by atoms with Crippen LogP contribution in [0, 0.1) is 5.92 Å². The summed E-state index contributed by atoms with van der Waals surface area (Å²) >= 11 is 0. The van der Waals surface area contributed by atoms with Gasteiger partial charge < -0.3 is 15.7 Å². The maximum Gasteiger partial charge on any atom is 0.224 e. The van der Waals surface area contributed by atoms with Gasteiger partial charge in [-0.3, -0.25) is 4.79 Å². The van der Waals surface area contributed by atoms with Gasteiger partial charge in [-0.1, -0.05) is 18.2 Å². The van der Waals surface area contributed by atoms with Crippen molar-refractivity contribution in [3.8, 4) is 0 Å². The van der Waals surface area contributed by atoms with Crippen LogP contribution < -0.4 is 10.6 Å². The quantitative estimate of drug-likeness (QED) is 0.735. The molecule has 0 bridgehead atoms. The molecule has 1 aliphatic heterocycles. The van der Waals surface area contributed by atoms with E-state index >= 15 is 0 Å². The summed E-state index contributed by atoms with van der Waals surface area (Å²) in [6, 6.07) is 7.35. The number of hydrogen-bond donors (Lipinski definition) is 3. The number of carbonyl (C=O) groups is 1. The second-order valence-electron chi connectivity index (χ2n) is 4.54. The molecule has 1 atom stereocenters. The van der Waals surface area contributed by atoms with Gasteiger partial charge in [0, 0.05) is 17.7 Å². The fourth-order valence-electron chi connectivity index (χ4n) is 1.93. The first-order valence-corrected chi connectivity index (χ1v) is 5.94. The van der Waals surface area contributed by atoms with Gasteiger partial charge in [0.1, 0.15) is 0 Å². The second-order valence-corrected chi connectivity index (χ2v) is 4.54. The molecular formula is C13H18N2O2. The number of nitrogens with one attached hydrogen (secondary N) is 2. The second kappa shape index (κ2) is 5.29. The van der Waals surface area contributed by atoms with Gasteiger partial charge in [-0.05, 0) is 32.0 Å². The van der Waals surface area contributed by atoms with E-state index in [4.69, 9.17) is 0 Å². The summed E-state index contributed by atoms with van der Waals surface area (Å²) in [5.74, 6) is 0.471. The molecule has 1 saturated heterocycles. The lowest BCUT2D eigenvalue weighted by Crippen LogP contribution is -2.43. The Kier molecular flexibility index (Phi) is 3.76. The summed E-state index contributed by atoms with van der Waals surface area (Å²) in [6.07, 6.45) is -0.0295. The number of benzene rings is 1. The predicted molar refractivity (Wildman–Crippen MR) is 66.7 cm³/mol. The van der Waals surface area contributed by atoms with Crippen LogP contribution in [-0.2, 0) is 4.79 Å². The molecule has 92 valence electrons. The zero-order chi connectivity index (χ0) is 12.3. The maximum atomic E-state index is 11.8. The monoisotopic (exact) mass is 234 g/mol. The third-order valence-electron chi connectivity index (χ3n) is 3.03. The number of anilines is 1. The molecule has 1 aromatic rings. The molecule has 4 heteroatoms. The minimum atomic E-state index is -0.572.